The van der Waals surface area contributed by atoms with E-state index in [0.717, 1.165) is 69.0 Å². The summed E-state index contributed by atoms with van der Waals surface area (Å²) in [7, 11) is 0. The van der Waals surface area contributed by atoms with Crippen LogP contribution >= 0.6 is 0 Å². The second-order valence-corrected chi connectivity index (χ2v) is 9.43. The Hall–Kier alpha value is -2.45. The average Bonchev–Trinajstić information content (AvgIpc) is 3.35. The Kier molecular flexibility index (Phi) is 7.21. The summed E-state index contributed by atoms with van der Waals surface area (Å²) in [4.78, 5) is 13.9. The molecule has 2 aromatic rings. The molecular weight excluding hydrogens is 420 g/mol. The molecule has 2 aliphatic heterocycles. The summed E-state index contributed by atoms with van der Waals surface area (Å²) in [6.07, 6.45) is 11.3. The third-order valence-electron chi connectivity index (χ3n) is 6.77. The summed E-state index contributed by atoms with van der Waals surface area (Å²) in [5, 5.41) is 3.52. The number of anilines is 1. The van der Waals surface area contributed by atoms with Gasteiger partial charge in [0.1, 0.15) is 12.2 Å². The Balaban J connectivity index is 1.32. The fourth-order valence-corrected chi connectivity index (χ4v) is 4.65. The molecule has 8 nitrogen and oxygen atoms in total. The summed E-state index contributed by atoms with van der Waals surface area (Å²) < 4.78 is 23.2. The maximum absolute atomic E-state index is 6.27. The normalized spacial score (nSPS) is 26.2. The molecular formula is C25H34N4O4. The van der Waals surface area contributed by atoms with Gasteiger partial charge in [-0.2, -0.15) is 4.98 Å². The number of rotatable bonds is 7. The lowest BCUT2D eigenvalue weighted by atomic mass is 9.87. The van der Waals surface area contributed by atoms with Gasteiger partial charge in [-0.1, -0.05) is 6.92 Å². The van der Waals surface area contributed by atoms with Crippen molar-refractivity contribution in [1.29, 1.82) is 0 Å². The highest BCUT2D eigenvalue weighted by molar-refractivity contribution is 5.68. The van der Waals surface area contributed by atoms with Crippen LogP contribution in [-0.2, 0) is 9.47 Å². The Morgan fingerprint density at radius 1 is 0.848 bits per heavy atom. The minimum Gasteiger partial charge on any atom is -0.474 e. The van der Waals surface area contributed by atoms with Crippen LogP contribution in [0.25, 0.3) is 11.1 Å². The van der Waals surface area contributed by atoms with Gasteiger partial charge in [0, 0.05) is 49.3 Å². The van der Waals surface area contributed by atoms with Crippen molar-refractivity contribution in [2.75, 3.05) is 31.7 Å². The standard InChI is InChI=1S/C25H34N4O4/c1-17-2-5-19(6-3-17)28-25-27-15-22(24(29-25)33-21-10-13-31-16-21)18-4-7-23(26-14-18)32-20-8-11-30-12-9-20/h4,7,14-15,17,19-21H,2-3,5-6,8-13,16H2,1H3,(H,27,28,29). The molecule has 5 rings (SSSR count). The van der Waals surface area contributed by atoms with Crippen molar-refractivity contribution in [2.45, 2.75) is 70.1 Å². The zero-order chi connectivity index (χ0) is 22.5. The van der Waals surface area contributed by atoms with Crippen molar-refractivity contribution in [3.05, 3.63) is 24.5 Å². The Morgan fingerprint density at radius 2 is 1.64 bits per heavy atom. The Bertz CT molecular complexity index is 890. The molecule has 3 fully saturated rings. The van der Waals surface area contributed by atoms with Crippen molar-refractivity contribution >= 4 is 5.95 Å². The van der Waals surface area contributed by atoms with Gasteiger partial charge in [-0.3, -0.25) is 0 Å². The molecule has 2 saturated heterocycles. The minimum atomic E-state index is 0.00566. The average molecular weight is 455 g/mol. The van der Waals surface area contributed by atoms with Gasteiger partial charge in [0.05, 0.1) is 32.0 Å². The molecule has 1 unspecified atom stereocenters. The van der Waals surface area contributed by atoms with Crippen LogP contribution in [0.5, 0.6) is 11.8 Å². The zero-order valence-corrected chi connectivity index (χ0v) is 19.4. The fourth-order valence-electron chi connectivity index (χ4n) is 4.65. The molecule has 1 atom stereocenters. The van der Waals surface area contributed by atoms with Crippen molar-refractivity contribution in [2.24, 2.45) is 5.92 Å². The zero-order valence-electron chi connectivity index (χ0n) is 19.4. The van der Waals surface area contributed by atoms with Crippen LogP contribution in [-0.4, -0.2) is 59.6 Å². The van der Waals surface area contributed by atoms with Gasteiger partial charge in [0.2, 0.25) is 17.7 Å². The number of aromatic nitrogens is 3. The molecule has 2 aromatic heterocycles. The first kappa shape index (κ1) is 22.3. The molecule has 8 heteroatoms. The van der Waals surface area contributed by atoms with Crippen LogP contribution < -0.4 is 14.8 Å². The number of nitrogens with zero attached hydrogens (tertiary/aromatic N) is 3. The van der Waals surface area contributed by atoms with Crippen LogP contribution in [0.3, 0.4) is 0 Å². The third-order valence-corrected chi connectivity index (χ3v) is 6.77. The van der Waals surface area contributed by atoms with Gasteiger partial charge in [0.15, 0.2) is 0 Å². The first-order valence-corrected chi connectivity index (χ1v) is 12.3. The molecule has 0 spiro atoms. The van der Waals surface area contributed by atoms with Gasteiger partial charge in [-0.25, -0.2) is 9.97 Å². The Morgan fingerprint density at radius 3 is 2.36 bits per heavy atom. The number of pyridine rings is 1. The van der Waals surface area contributed by atoms with E-state index in [2.05, 4.69) is 22.2 Å². The van der Waals surface area contributed by atoms with E-state index in [0.29, 0.717) is 30.4 Å². The van der Waals surface area contributed by atoms with E-state index < -0.39 is 0 Å². The molecule has 1 N–H and O–H groups in total. The van der Waals surface area contributed by atoms with Gasteiger partial charge in [-0.15, -0.1) is 0 Å². The van der Waals surface area contributed by atoms with Crippen LogP contribution in [0.4, 0.5) is 5.95 Å². The summed E-state index contributed by atoms with van der Waals surface area (Å²) in [6, 6.07) is 4.31. The van der Waals surface area contributed by atoms with Gasteiger partial charge < -0.3 is 24.3 Å². The van der Waals surface area contributed by atoms with E-state index >= 15 is 0 Å². The first-order chi connectivity index (χ1) is 16.2. The fraction of sp³-hybridized carbons (Fsp3) is 0.640. The van der Waals surface area contributed by atoms with E-state index in [1.54, 1.807) is 6.20 Å². The maximum Gasteiger partial charge on any atom is 0.226 e. The molecule has 0 bridgehead atoms. The highest BCUT2D eigenvalue weighted by Gasteiger charge is 2.23. The molecule has 33 heavy (non-hydrogen) atoms. The first-order valence-electron chi connectivity index (χ1n) is 12.3. The van der Waals surface area contributed by atoms with Crippen molar-refractivity contribution in [1.82, 2.24) is 15.0 Å². The molecule has 1 saturated carbocycles. The van der Waals surface area contributed by atoms with Crippen LogP contribution in [0, 0.1) is 5.92 Å². The van der Waals surface area contributed by atoms with Gasteiger partial charge in [0.25, 0.3) is 0 Å². The van der Waals surface area contributed by atoms with Crippen LogP contribution in [0.15, 0.2) is 24.5 Å². The second kappa shape index (κ2) is 10.7. The molecule has 3 aliphatic rings. The van der Waals surface area contributed by atoms with E-state index in [1.807, 2.05) is 18.3 Å². The molecule has 178 valence electrons. The number of nitrogens with one attached hydrogen (secondary N) is 1. The number of hydrogen-bond donors (Lipinski definition) is 1. The van der Waals surface area contributed by atoms with E-state index in [9.17, 15) is 0 Å². The summed E-state index contributed by atoms with van der Waals surface area (Å²) in [5.74, 6) is 2.63. The van der Waals surface area contributed by atoms with Crippen molar-refractivity contribution in [3.63, 3.8) is 0 Å². The van der Waals surface area contributed by atoms with Crippen LogP contribution in [0.2, 0.25) is 0 Å². The highest BCUT2D eigenvalue weighted by Crippen LogP contribution is 2.32. The molecule has 1 aliphatic carbocycles. The number of hydrogen-bond acceptors (Lipinski definition) is 8. The quantitative estimate of drug-likeness (QED) is 0.664. The smallest absolute Gasteiger partial charge is 0.226 e. The van der Waals surface area contributed by atoms with Gasteiger partial charge >= 0.3 is 0 Å². The largest absolute Gasteiger partial charge is 0.474 e. The predicted octanol–water partition coefficient (Wildman–Crippen LogP) is 4.25. The maximum atomic E-state index is 6.27. The monoisotopic (exact) mass is 454 g/mol. The van der Waals surface area contributed by atoms with E-state index in [1.165, 1.54) is 12.8 Å². The van der Waals surface area contributed by atoms with E-state index in [-0.39, 0.29) is 12.2 Å². The highest BCUT2D eigenvalue weighted by atomic mass is 16.5. The van der Waals surface area contributed by atoms with Gasteiger partial charge in [-0.05, 0) is 37.7 Å². The molecule has 4 heterocycles. The molecule has 0 radical (unpaired) electrons. The minimum absolute atomic E-state index is 0.00566. The van der Waals surface area contributed by atoms with E-state index in [4.69, 9.17) is 23.9 Å². The third kappa shape index (κ3) is 5.92. The molecule has 0 amide bonds. The summed E-state index contributed by atoms with van der Waals surface area (Å²) >= 11 is 0. The number of ether oxygens (including phenoxy) is 4. The summed E-state index contributed by atoms with van der Waals surface area (Å²) in [6.45, 7) is 5.11. The van der Waals surface area contributed by atoms with Crippen molar-refractivity contribution < 1.29 is 18.9 Å². The molecule has 0 aromatic carbocycles. The van der Waals surface area contributed by atoms with Crippen molar-refractivity contribution in [3.8, 4) is 22.9 Å². The lowest BCUT2D eigenvalue weighted by Crippen LogP contribution is -2.26. The Labute approximate surface area is 195 Å². The SMILES string of the molecule is CC1CCC(Nc2ncc(-c3ccc(OC4CCOCC4)nc3)c(OC3CCOC3)n2)CC1. The van der Waals surface area contributed by atoms with Crippen LogP contribution in [0.1, 0.15) is 51.9 Å². The predicted molar refractivity (Wildman–Crippen MR) is 125 cm³/mol. The topological polar surface area (TPSA) is 87.6 Å². The second-order valence-electron chi connectivity index (χ2n) is 9.43. The lowest BCUT2D eigenvalue weighted by Gasteiger charge is -2.27. The summed E-state index contributed by atoms with van der Waals surface area (Å²) in [5.41, 5.74) is 1.73. The lowest BCUT2D eigenvalue weighted by molar-refractivity contribution is 0.0237.